The standard InChI is InChI=1S/C12H16BrN3O/c1-8-5-9(6-15-10(8)13)16-11(17)12(2)3-4-14-7-12/h5-6,14H,3-4,7H2,1-2H3,(H,16,17). The molecule has 1 fully saturated rings. The monoisotopic (exact) mass is 297 g/mol. The lowest BCUT2D eigenvalue weighted by molar-refractivity contribution is -0.123. The van der Waals surface area contributed by atoms with E-state index in [1.165, 1.54) is 0 Å². The minimum Gasteiger partial charge on any atom is -0.324 e. The lowest BCUT2D eigenvalue weighted by atomic mass is 9.89. The summed E-state index contributed by atoms with van der Waals surface area (Å²) in [5.41, 5.74) is 1.46. The van der Waals surface area contributed by atoms with Gasteiger partial charge >= 0.3 is 0 Å². The van der Waals surface area contributed by atoms with Crippen LogP contribution in [0.2, 0.25) is 0 Å². The molecule has 0 spiro atoms. The van der Waals surface area contributed by atoms with E-state index in [2.05, 4.69) is 31.5 Å². The molecule has 1 aromatic heterocycles. The number of hydrogen-bond acceptors (Lipinski definition) is 3. The number of halogens is 1. The van der Waals surface area contributed by atoms with Crippen LogP contribution in [-0.4, -0.2) is 24.0 Å². The second kappa shape index (κ2) is 4.74. The fourth-order valence-corrected chi connectivity index (χ4v) is 2.14. The zero-order valence-corrected chi connectivity index (χ0v) is 11.6. The molecule has 2 N–H and O–H groups in total. The van der Waals surface area contributed by atoms with Crippen molar-refractivity contribution >= 4 is 27.5 Å². The van der Waals surface area contributed by atoms with Gasteiger partial charge in [0.25, 0.3) is 0 Å². The molecule has 2 rings (SSSR count). The third kappa shape index (κ3) is 2.66. The van der Waals surface area contributed by atoms with Crippen molar-refractivity contribution in [2.24, 2.45) is 5.41 Å². The summed E-state index contributed by atoms with van der Waals surface area (Å²) in [5, 5.41) is 6.15. The summed E-state index contributed by atoms with van der Waals surface area (Å²) >= 11 is 3.34. The molecule has 2 heterocycles. The summed E-state index contributed by atoms with van der Waals surface area (Å²) in [7, 11) is 0. The smallest absolute Gasteiger partial charge is 0.231 e. The van der Waals surface area contributed by atoms with Gasteiger partial charge in [-0.15, -0.1) is 0 Å². The van der Waals surface area contributed by atoms with Gasteiger partial charge in [0.05, 0.1) is 17.3 Å². The predicted octanol–water partition coefficient (Wildman–Crippen LogP) is 2.09. The average molecular weight is 298 g/mol. The van der Waals surface area contributed by atoms with Gasteiger partial charge in [-0.05, 0) is 54.4 Å². The molecule has 5 heteroatoms. The first kappa shape index (κ1) is 12.5. The SMILES string of the molecule is Cc1cc(NC(=O)C2(C)CCNC2)cnc1Br. The Labute approximate surface area is 109 Å². The van der Waals surface area contributed by atoms with Crippen LogP contribution >= 0.6 is 15.9 Å². The van der Waals surface area contributed by atoms with Crippen LogP contribution in [0, 0.1) is 12.3 Å². The number of aromatic nitrogens is 1. The Balaban J connectivity index is 2.10. The van der Waals surface area contributed by atoms with Gasteiger partial charge in [0.2, 0.25) is 5.91 Å². The zero-order valence-electron chi connectivity index (χ0n) is 10.0. The highest BCUT2D eigenvalue weighted by molar-refractivity contribution is 9.10. The highest BCUT2D eigenvalue weighted by Crippen LogP contribution is 2.26. The zero-order chi connectivity index (χ0) is 12.5. The first-order chi connectivity index (χ1) is 8.01. The normalized spacial score (nSPS) is 23.7. The molecule has 1 aliphatic rings. The third-order valence-corrected chi connectivity index (χ3v) is 4.02. The van der Waals surface area contributed by atoms with Crippen molar-refractivity contribution in [2.45, 2.75) is 20.3 Å². The highest BCUT2D eigenvalue weighted by atomic mass is 79.9. The second-order valence-electron chi connectivity index (χ2n) is 4.77. The first-order valence-electron chi connectivity index (χ1n) is 5.66. The van der Waals surface area contributed by atoms with E-state index in [4.69, 9.17) is 0 Å². The molecule has 1 saturated heterocycles. The van der Waals surface area contributed by atoms with Crippen molar-refractivity contribution < 1.29 is 4.79 Å². The van der Waals surface area contributed by atoms with E-state index in [1.807, 2.05) is 19.9 Å². The van der Waals surface area contributed by atoms with Gasteiger partial charge in [-0.3, -0.25) is 4.79 Å². The van der Waals surface area contributed by atoms with Gasteiger partial charge in [0.1, 0.15) is 4.60 Å². The van der Waals surface area contributed by atoms with Gasteiger partial charge in [0, 0.05) is 6.54 Å². The lowest BCUT2D eigenvalue weighted by Gasteiger charge is -2.21. The van der Waals surface area contributed by atoms with E-state index >= 15 is 0 Å². The van der Waals surface area contributed by atoms with E-state index < -0.39 is 0 Å². The number of pyridine rings is 1. The Morgan fingerprint density at radius 1 is 1.65 bits per heavy atom. The van der Waals surface area contributed by atoms with Gasteiger partial charge < -0.3 is 10.6 Å². The van der Waals surface area contributed by atoms with Crippen molar-refractivity contribution in [1.82, 2.24) is 10.3 Å². The number of carbonyl (C=O) groups excluding carboxylic acids is 1. The minimum absolute atomic E-state index is 0.0611. The number of nitrogens with one attached hydrogen (secondary N) is 2. The summed E-state index contributed by atoms with van der Waals surface area (Å²) in [5.74, 6) is 0.0611. The Morgan fingerprint density at radius 2 is 2.41 bits per heavy atom. The Bertz CT molecular complexity index is 441. The molecular weight excluding hydrogens is 282 g/mol. The predicted molar refractivity (Wildman–Crippen MR) is 70.9 cm³/mol. The van der Waals surface area contributed by atoms with E-state index in [1.54, 1.807) is 6.20 Å². The maximum Gasteiger partial charge on any atom is 0.231 e. The van der Waals surface area contributed by atoms with Crippen LogP contribution in [0.15, 0.2) is 16.9 Å². The van der Waals surface area contributed by atoms with Crippen molar-refractivity contribution in [3.63, 3.8) is 0 Å². The van der Waals surface area contributed by atoms with Crippen molar-refractivity contribution in [1.29, 1.82) is 0 Å². The summed E-state index contributed by atoms with van der Waals surface area (Å²) in [6.45, 7) is 5.58. The molecule has 0 aliphatic carbocycles. The van der Waals surface area contributed by atoms with Crippen LogP contribution in [-0.2, 0) is 4.79 Å². The van der Waals surface area contributed by atoms with E-state index in [9.17, 15) is 4.79 Å². The topological polar surface area (TPSA) is 54.0 Å². The Hall–Kier alpha value is -0.940. The highest BCUT2D eigenvalue weighted by Gasteiger charge is 2.36. The van der Waals surface area contributed by atoms with Crippen molar-refractivity contribution in [3.05, 3.63) is 22.4 Å². The number of nitrogens with zero attached hydrogens (tertiary/aromatic N) is 1. The van der Waals surface area contributed by atoms with Crippen molar-refractivity contribution in [3.8, 4) is 0 Å². The van der Waals surface area contributed by atoms with Gasteiger partial charge in [-0.25, -0.2) is 4.98 Å². The van der Waals surface area contributed by atoms with Crippen LogP contribution in [0.3, 0.4) is 0 Å². The number of anilines is 1. The molecule has 0 bridgehead atoms. The lowest BCUT2D eigenvalue weighted by Crippen LogP contribution is -2.35. The molecular formula is C12H16BrN3O. The second-order valence-corrected chi connectivity index (χ2v) is 5.52. The molecule has 0 saturated carbocycles. The van der Waals surface area contributed by atoms with Crippen LogP contribution in [0.4, 0.5) is 5.69 Å². The van der Waals surface area contributed by atoms with E-state index in [0.717, 1.165) is 35.4 Å². The fourth-order valence-electron chi connectivity index (χ4n) is 1.92. The quantitative estimate of drug-likeness (QED) is 0.822. The molecule has 0 radical (unpaired) electrons. The Morgan fingerprint density at radius 3 is 3.00 bits per heavy atom. The summed E-state index contributed by atoms with van der Waals surface area (Å²) in [6.07, 6.45) is 2.54. The summed E-state index contributed by atoms with van der Waals surface area (Å²) in [6, 6.07) is 1.92. The number of aryl methyl sites for hydroxylation is 1. The van der Waals surface area contributed by atoms with Gasteiger partial charge in [-0.1, -0.05) is 0 Å². The first-order valence-corrected chi connectivity index (χ1v) is 6.45. The molecule has 92 valence electrons. The van der Waals surface area contributed by atoms with Crippen LogP contribution in [0.1, 0.15) is 18.9 Å². The van der Waals surface area contributed by atoms with E-state index in [-0.39, 0.29) is 11.3 Å². The maximum atomic E-state index is 12.1. The third-order valence-electron chi connectivity index (χ3n) is 3.19. The fraction of sp³-hybridized carbons (Fsp3) is 0.500. The van der Waals surface area contributed by atoms with Crippen LogP contribution in [0.5, 0.6) is 0 Å². The number of hydrogen-bond donors (Lipinski definition) is 2. The maximum absolute atomic E-state index is 12.1. The molecule has 0 aromatic carbocycles. The largest absolute Gasteiger partial charge is 0.324 e. The minimum atomic E-state index is -0.305. The Kier molecular flexibility index (Phi) is 3.49. The van der Waals surface area contributed by atoms with Crippen LogP contribution < -0.4 is 10.6 Å². The number of amides is 1. The van der Waals surface area contributed by atoms with Crippen LogP contribution in [0.25, 0.3) is 0 Å². The van der Waals surface area contributed by atoms with E-state index in [0.29, 0.717) is 0 Å². The molecule has 1 atom stereocenters. The summed E-state index contributed by atoms with van der Waals surface area (Å²) < 4.78 is 0.809. The molecule has 1 amide bonds. The average Bonchev–Trinajstić information content (AvgIpc) is 2.72. The molecule has 4 nitrogen and oxygen atoms in total. The van der Waals surface area contributed by atoms with Crippen molar-refractivity contribution in [2.75, 3.05) is 18.4 Å². The van der Waals surface area contributed by atoms with Gasteiger partial charge in [0.15, 0.2) is 0 Å². The molecule has 1 aliphatic heterocycles. The molecule has 17 heavy (non-hydrogen) atoms. The number of carbonyl (C=O) groups is 1. The molecule has 1 aromatic rings. The number of rotatable bonds is 2. The molecule has 1 unspecified atom stereocenters. The summed E-state index contributed by atoms with van der Waals surface area (Å²) in [4.78, 5) is 16.3. The van der Waals surface area contributed by atoms with Gasteiger partial charge in [-0.2, -0.15) is 0 Å².